The molecule has 1 unspecified atom stereocenters. The fourth-order valence-electron chi connectivity index (χ4n) is 1.51. The lowest BCUT2D eigenvalue weighted by Gasteiger charge is -2.10. The van der Waals surface area contributed by atoms with E-state index >= 15 is 0 Å². The summed E-state index contributed by atoms with van der Waals surface area (Å²) in [5.41, 5.74) is 5.53. The van der Waals surface area contributed by atoms with Gasteiger partial charge in [0.2, 0.25) is 0 Å². The van der Waals surface area contributed by atoms with Crippen molar-refractivity contribution in [3.05, 3.63) is 34.1 Å². The molecular formula is C12H15BrFNO. The van der Waals surface area contributed by atoms with Gasteiger partial charge in [0.25, 0.3) is 0 Å². The molecule has 0 heterocycles. The Bertz CT molecular complexity index is 381. The number of halogens is 2. The standard InChI is InChI=1S/C12H15BrFNO/c1-8(4-3-7-15)12(16)9-5-2-6-10(13)11(9)14/h2,5-6,8H,3-4,7,15H2,1H3. The average Bonchev–Trinajstić information content (AvgIpc) is 2.28. The van der Waals surface area contributed by atoms with Crippen LogP contribution in [0.25, 0.3) is 0 Å². The molecule has 88 valence electrons. The molecule has 0 amide bonds. The van der Waals surface area contributed by atoms with Crippen LogP contribution in [0.5, 0.6) is 0 Å². The Morgan fingerprint density at radius 3 is 2.88 bits per heavy atom. The minimum atomic E-state index is -0.480. The van der Waals surface area contributed by atoms with Gasteiger partial charge in [-0.05, 0) is 47.4 Å². The summed E-state index contributed by atoms with van der Waals surface area (Å²) in [6.45, 7) is 2.36. The molecule has 0 radical (unpaired) electrons. The van der Waals surface area contributed by atoms with Crippen LogP contribution < -0.4 is 5.73 Å². The molecule has 2 nitrogen and oxygen atoms in total. The van der Waals surface area contributed by atoms with Crippen molar-refractivity contribution >= 4 is 21.7 Å². The summed E-state index contributed by atoms with van der Waals surface area (Å²) in [5, 5.41) is 0. The van der Waals surface area contributed by atoms with Gasteiger partial charge in [0.15, 0.2) is 5.78 Å². The Hall–Kier alpha value is -0.740. The van der Waals surface area contributed by atoms with E-state index in [1.165, 1.54) is 6.07 Å². The van der Waals surface area contributed by atoms with Crippen LogP contribution in [0.1, 0.15) is 30.1 Å². The minimum absolute atomic E-state index is 0.152. The Kier molecular flexibility index (Phi) is 5.09. The molecule has 0 fully saturated rings. The average molecular weight is 288 g/mol. The molecule has 0 saturated heterocycles. The lowest BCUT2D eigenvalue weighted by molar-refractivity contribution is 0.0919. The highest BCUT2D eigenvalue weighted by Crippen LogP contribution is 2.22. The third-order valence-corrected chi connectivity index (χ3v) is 3.12. The summed E-state index contributed by atoms with van der Waals surface area (Å²) in [6, 6.07) is 4.76. The first kappa shape index (κ1) is 13.3. The number of Topliss-reactive ketones (excluding diaryl/α,β-unsaturated/α-hetero) is 1. The van der Waals surface area contributed by atoms with Crippen molar-refractivity contribution in [3.63, 3.8) is 0 Å². The Labute approximate surface area is 103 Å². The molecule has 0 aromatic heterocycles. The fraction of sp³-hybridized carbons (Fsp3) is 0.417. The van der Waals surface area contributed by atoms with Crippen molar-refractivity contribution in [2.75, 3.05) is 6.54 Å². The molecular weight excluding hydrogens is 273 g/mol. The molecule has 1 rings (SSSR count). The van der Waals surface area contributed by atoms with Crippen molar-refractivity contribution < 1.29 is 9.18 Å². The number of benzene rings is 1. The fourth-order valence-corrected chi connectivity index (χ4v) is 1.88. The number of carbonyl (C=O) groups is 1. The monoisotopic (exact) mass is 287 g/mol. The van der Waals surface area contributed by atoms with Crippen molar-refractivity contribution in [2.24, 2.45) is 11.7 Å². The zero-order chi connectivity index (χ0) is 12.1. The van der Waals surface area contributed by atoms with Crippen LogP contribution in [0.2, 0.25) is 0 Å². The van der Waals surface area contributed by atoms with E-state index in [9.17, 15) is 9.18 Å². The maximum absolute atomic E-state index is 13.6. The molecule has 0 aliphatic carbocycles. The summed E-state index contributed by atoms with van der Waals surface area (Å²) in [5.74, 6) is -0.827. The second-order valence-corrected chi connectivity index (χ2v) is 4.65. The van der Waals surface area contributed by atoms with Crippen LogP contribution in [0.4, 0.5) is 4.39 Å². The maximum Gasteiger partial charge on any atom is 0.168 e. The van der Waals surface area contributed by atoms with E-state index in [4.69, 9.17) is 5.73 Å². The topological polar surface area (TPSA) is 43.1 Å². The van der Waals surface area contributed by atoms with Gasteiger partial charge in [-0.2, -0.15) is 0 Å². The second kappa shape index (κ2) is 6.11. The van der Waals surface area contributed by atoms with Gasteiger partial charge in [0.05, 0.1) is 10.0 Å². The summed E-state index contributed by atoms with van der Waals surface area (Å²) in [6.07, 6.45) is 1.48. The molecule has 16 heavy (non-hydrogen) atoms. The van der Waals surface area contributed by atoms with Crippen LogP contribution >= 0.6 is 15.9 Å². The normalized spacial score (nSPS) is 12.5. The lowest BCUT2D eigenvalue weighted by atomic mass is 9.95. The summed E-state index contributed by atoms with van der Waals surface area (Å²) in [7, 11) is 0. The molecule has 1 atom stereocenters. The van der Waals surface area contributed by atoms with Crippen molar-refractivity contribution in [1.29, 1.82) is 0 Å². The van der Waals surface area contributed by atoms with E-state index in [2.05, 4.69) is 15.9 Å². The zero-order valence-electron chi connectivity index (χ0n) is 9.17. The molecule has 0 aliphatic heterocycles. The molecule has 2 N–H and O–H groups in total. The van der Waals surface area contributed by atoms with E-state index in [0.717, 1.165) is 6.42 Å². The molecule has 1 aromatic carbocycles. The van der Waals surface area contributed by atoms with Gasteiger partial charge >= 0.3 is 0 Å². The molecule has 0 bridgehead atoms. The zero-order valence-corrected chi connectivity index (χ0v) is 10.8. The van der Waals surface area contributed by atoms with Gasteiger partial charge in [-0.1, -0.05) is 13.0 Å². The van der Waals surface area contributed by atoms with Gasteiger partial charge in [0, 0.05) is 5.92 Å². The Balaban J connectivity index is 2.84. The molecule has 1 aromatic rings. The minimum Gasteiger partial charge on any atom is -0.330 e. The smallest absolute Gasteiger partial charge is 0.168 e. The molecule has 0 spiro atoms. The van der Waals surface area contributed by atoms with Gasteiger partial charge in [-0.25, -0.2) is 4.39 Å². The number of nitrogens with two attached hydrogens (primary N) is 1. The van der Waals surface area contributed by atoms with E-state index in [0.29, 0.717) is 17.4 Å². The number of carbonyl (C=O) groups excluding carboxylic acids is 1. The van der Waals surface area contributed by atoms with E-state index < -0.39 is 5.82 Å². The van der Waals surface area contributed by atoms with Gasteiger partial charge in [0.1, 0.15) is 5.82 Å². The highest BCUT2D eigenvalue weighted by atomic mass is 79.9. The van der Waals surface area contributed by atoms with Gasteiger partial charge in [-0.15, -0.1) is 0 Å². The number of hydrogen-bond acceptors (Lipinski definition) is 2. The van der Waals surface area contributed by atoms with Crippen LogP contribution in [0.15, 0.2) is 22.7 Å². The third-order valence-electron chi connectivity index (χ3n) is 2.51. The highest BCUT2D eigenvalue weighted by Gasteiger charge is 2.19. The predicted molar refractivity (Wildman–Crippen MR) is 65.9 cm³/mol. The van der Waals surface area contributed by atoms with Gasteiger partial charge < -0.3 is 5.73 Å². The molecule has 0 saturated carbocycles. The number of rotatable bonds is 5. The molecule has 4 heteroatoms. The maximum atomic E-state index is 13.6. The predicted octanol–water partition coefficient (Wildman–Crippen LogP) is 3.15. The van der Waals surface area contributed by atoms with Crippen LogP contribution in [0, 0.1) is 11.7 Å². The molecule has 0 aliphatic rings. The first-order valence-corrected chi connectivity index (χ1v) is 6.05. The first-order valence-electron chi connectivity index (χ1n) is 5.26. The van der Waals surface area contributed by atoms with Crippen LogP contribution in [0.3, 0.4) is 0 Å². The van der Waals surface area contributed by atoms with E-state index in [1.54, 1.807) is 19.1 Å². The third kappa shape index (κ3) is 3.12. The van der Waals surface area contributed by atoms with Crippen LogP contribution in [-0.2, 0) is 0 Å². The highest BCUT2D eigenvalue weighted by molar-refractivity contribution is 9.10. The Morgan fingerprint density at radius 1 is 1.56 bits per heavy atom. The second-order valence-electron chi connectivity index (χ2n) is 3.80. The first-order chi connectivity index (χ1) is 7.57. The largest absolute Gasteiger partial charge is 0.330 e. The number of hydrogen-bond donors (Lipinski definition) is 1. The quantitative estimate of drug-likeness (QED) is 0.846. The van der Waals surface area contributed by atoms with Crippen LogP contribution in [-0.4, -0.2) is 12.3 Å². The summed E-state index contributed by atoms with van der Waals surface area (Å²) < 4.78 is 14.0. The lowest BCUT2D eigenvalue weighted by Crippen LogP contribution is -2.14. The van der Waals surface area contributed by atoms with Crippen molar-refractivity contribution in [2.45, 2.75) is 19.8 Å². The Morgan fingerprint density at radius 2 is 2.25 bits per heavy atom. The summed E-state index contributed by atoms with van der Waals surface area (Å²) >= 11 is 3.07. The summed E-state index contributed by atoms with van der Waals surface area (Å²) in [4.78, 5) is 11.9. The van der Waals surface area contributed by atoms with Crippen molar-refractivity contribution in [1.82, 2.24) is 0 Å². The number of ketones is 1. The van der Waals surface area contributed by atoms with E-state index in [1.807, 2.05) is 0 Å². The van der Waals surface area contributed by atoms with E-state index in [-0.39, 0.29) is 17.3 Å². The SMILES string of the molecule is CC(CCCN)C(=O)c1cccc(Br)c1F. The van der Waals surface area contributed by atoms with Crippen molar-refractivity contribution in [3.8, 4) is 0 Å². The van der Waals surface area contributed by atoms with Gasteiger partial charge in [-0.3, -0.25) is 4.79 Å².